The van der Waals surface area contributed by atoms with Gasteiger partial charge in [0, 0.05) is 5.33 Å². The molecule has 0 aliphatic carbocycles. The SMILES string of the molecule is COc1ccc(C=C(CBr)C(C)C)cc1Cl. The van der Waals surface area contributed by atoms with Crippen LogP contribution in [0.3, 0.4) is 0 Å². The molecule has 0 spiro atoms. The lowest BCUT2D eigenvalue weighted by atomic mass is 10.0. The number of methoxy groups -OCH3 is 1. The monoisotopic (exact) mass is 302 g/mol. The minimum Gasteiger partial charge on any atom is -0.495 e. The molecule has 1 nitrogen and oxygen atoms in total. The average molecular weight is 304 g/mol. The number of hydrogen-bond donors (Lipinski definition) is 0. The quantitative estimate of drug-likeness (QED) is 0.727. The highest BCUT2D eigenvalue weighted by atomic mass is 79.9. The molecule has 1 aromatic rings. The Bertz CT molecular complexity index is 386. The van der Waals surface area contributed by atoms with Gasteiger partial charge < -0.3 is 4.74 Å². The molecule has 1 rings (SSSR count). The summed E-state index contributed by atoms with van der Waals surface area (Å²) in [7, 11) is 1.62. The van der Waals surface area contributed by atoms with E-state index < -0.39 is 0 Å². The lowest BCUT2D eigenvalue weighted by molar-refractivity contribution is 0.415. The molecular formula is C13H16BrClO. The van der Waals surface area contributed by atoms with Gasteiger partial charge in [0.1, 0.15) is 5.75 Å². The first kappa shape index (κ1) is 13.6. The molecule has 0 fully saturated rings. The van der Waals surface area contributed by atoms with E-state index in [2.05, 4.69) is 35.9 Å². The number of hydrogen-bond acceptors (Lipinski definition) is 1. The maximum atomic E-state index is 6.07. The standard InChI is InChI=1S/C13H16BrClO/c1-9(2)11(8-14)6-10-4-5-13(16-3)12(15)7-10/h4-7,9H,8H2,1-3H3. The van der Waals surface area contributed by atoms with Crippen LogP contribution in [0.1, 0.15) is 19.4 Å². The second-order valence-electron chi connectivity index (χ2n) is 3.90. The van der Waals surface area contributed by atoms with E-state index in [1.165, 1.54) is 5.57 Å². The minimum absolute atomic E-state index is 0.528. The van der Waals surface area contributed by atoms with Crippen LogP contribution in [0.25, 0.3) is 6.08 Å². The van der Waals surface area contributed by atoms with Gasteiger partial charge in [-0.3, -0.25) is 0 Å². The summed E-state index contributed by atoms with van der Waals surface area (Å²) in [6.45, 7) is 4.36. The molecule has 0 saturated heterocycles. The second-order valence-corrected chi connectivity index (χ2v) is 4.87. The number of halogens is 2. The van der Waals surface area contributed by atoms with Crippen molar-refractivity contribution in [1.29, 1.82) is 0 Å². The molecule has 0 radical (unpaired) electrons. The van der Waals surface area contributed by atoms with Crippen molar-refractivity contribution < 1.29 is 4.74 Å². The van der Waals surface area contributed by atoms with E-state index >= 15 is 0 Å². The number of alkyl halides is 1. The van der Waals surface area contributed by atoms with Gasteiger partial charge in [0.05, 0.1) is 12.1 Å². The third kappa shape index (κ3) is 3.53. The summed E-state index contributed by atoms with van der Waals surface area (Å²) >= 11 is 9.56. The molecule has 0 amide bonds. The van der Waals surface area contributed by atoms with E-state index in [0.29, 0.717) is 16.7 Å². The van der Waals surface area contributed by atoms with Crippen molar-refractivity contribution in [2.75, 3.05) is 12.4 Å². The lowest BCUT2D eigenvalue weighted by Gasteiger charge is -2.09. The van der Waals surface area contributed by atoms with Crippen molar-refractivity contribution in [3.05, 3.63) is 34.4 Å². The average Bonchev–Trinajstić information content (AvgIpc) is 2.25. The van der Waals surface area contributed by atoms with Crippen molar-refractivity contribution in [2.45, 2.75) is 13.8 Å². The molecule has 0 atom stereocenters. The van der Waals surface area contributed by atoms with Crippen LogP contribution in [0.15, 0.2) is 23.8 Å². The summed E-state index contributed by atoms with van der Waals surface area (Å²) < 4.78 is 5.12. The number of ether oxygens (including phenoxy) is 1. The van der Waals surface area contributed by atoms with Gasteiger partial charge in [-0.05, 0) is 23.6 Å². The van der Waals surface area contributed by atoms with E-state index in [9.17, 15) is 0 Å². The van der Waals surface area contributed by atoms with Gasteiger partial charge in [0.25, 0.3) is 0 Å². The topological polar surface area (TPSA) is 9.23 Å². The Hall–Kier alpha value is -0.470. The van der Waals surface area contributed by atoms with Gasteiger partial charge >= 0.3 is 0 Å². The first-order valence-corrected chi connectivity index (χ1v) is 6.68. The maximum Gasteiger partial charge on any atom is 0.137 e. The summed E-state index contributed by atoms with van der Waals surface area (Å²) in [4.78, 5) is 0. The summed E-state index contributed by atoms with van der Waals surface area (Å²) in [5, 5.41) is 1.53. The summed E-state index contributed by atoms with van der Waals surface area (Å²) in [5.74, 6) is 1.24. The van der Waals surface area contributed by atoms with Gasteiger partial charge in [-0.1, -0.05) is 59.1 Å². The summed E-state index contributed by atoms with van der Waals surface area (Å²) in [5.41, 5.74) is 2.45. The first-order valence-electron chi connectivity index (χ1n) is 5.18. The Labute approximate surface area is 111 Å². The Balaban J connectivity index is 3.01. The Morgan fingerprint density at radius 3 is 2.62 bits per heavy atom. The van der Waals surface area contributed by atoms with E-state index in [0.717, 1.165) is 10.9 Å². The molecule has 0 N–H and O–H groups in total. The minimum atomic E-state index is 0.528. The van der Waals surface area contributed by atoms with Crippen LogP contribution < -0.4 is 4.74 Å². The van der Waals surface area contributed by atoms with Crippen molar-refractivity contribution in [1.82, 2.24) is 0 Å². The molecule has 0 bridgehead atoms. The maximum absolute atomic E-state index is 6.07. The molecule has 0 saturated carbocycles. The lowest BCUT2D eigenvalue weighted by Crippen LogP contribution is -1.95. The Morgan fingerprint density at radius 2 is 2.19 bits per heavy atom. The third-order valence-corrected chi connectivity index (χ3v) is 3.37. The van der Waals surface area contributed by atoms with Gasteiger partial charge in [0.15, 0.2) is 0 Å². The van der Waals surface area contributed by atoms with E-state index in [1.54, 1.807) is 7.11 Å². The van der Waals surface area contributed by atoms with Crippen LogP contribution in [0.4, 0.5) is 0 Å². The van der Waals surface area contributed by atoms with Crippen LogP contribution >= 0.6 is 27.5 Å². The van der Waals surface area contributed by atoms with Crippen molar-refractivity contribution >= 4 is 33.6 Å². The van der Waals surface area contributed by atoms with Crippen LogP contribution in [-0.4, -0.2) is 12.4 Å². The van der Waals surface area contributed by atoms with Crippen LogP contribution in [0, 0.1) is 5.92 Å². The van der Waals surface area contributed by atoms with Crippen LogP contribution in [0.5, 0.6) is 5.75 Å². The highest BCUT2D eigenvalue weighted by Gasteiger charge is 2.04. The molecule has 16 heavy (non-hydrogen) atoms. The van der Waals surface area contributed by atoms with Crippen LogP contribution in [0.2, 0.25) is 5.02 Å². The summed E-state index contributed by atoms with van der Waals surface area (Å²) in [6, 6.07) is 5.82. The fourth-order valence-corrected chi connectivity index (χ4v) is 2.42. The number of rotatable bonds is 4. The normalized spacial score (nSPS) is 12.0. The van der Waals surface area contributed by atoms with Crippen molar-refractivity contribution in [3.63, 3.8) is 0 Å². The zero-order valence-corrected chi connectivity index (χ0v) is 12.1. The van der Waals surface area contributed by atoms with Crippen molar-refractivity contribution in [3.8, 4) is 5.75 Å². The molecule has 0 aliphatic heterocycles. The van der Waals surface area contributed by atoms with Crippen molar-refractivity contribution in [2.24, 2.45) is 5.92 Å². The smallest absolute Gasteiger partial charge is 0.137 e. The third-order valence-electron chi connectivity index (χ3n) is 2.42. The molecular weight excluding hydrogens is 287 g/mol. The van der Waals surface area contributed by atoms with Gasteiger partial charge in [-0.2, -0.15) is 0 Å². The van der Waals surface area contributed by atoms with E-state index in [-0.39, 0.29) is 0 Å². The molecule has 0 aliphatic rings. The van der Waals surface area contributed by atoms with Gasteiger partial charge in [-0.15, -0.1) is 0 Å². The molecule has 0 aromatic heterocycles. The molecule has 0 unspecified atom stereocenters. The zero-order chi connectivity index (χ0) is 12.1. The molecule has 0 heterocycles. The molecule has 88 valence electrons. The van der Waals surface area contributed by atoms with E-state index in [4.69, 9.17) is 16.3 Å². The largest absolute Gasteiger partial charge is 0.495 e. The predicted octanol–water partition coefficient (Wildman–Crippen LogP) is 4.78. The van der Waals surface area contributed by atoms with Crippen LogP contribution in [-0.2, 0) is 0 Å². The second kappa shape index (κ2) is 6.31. The van der Waals surface area contributed by atoms with Gasteiger partial charge in [-0.25, -0.2) is 0 Å². The molecule has 3 heteroatoms. The number of allylic oxidation sites excluding steroid dienone is 1. The Kier molecular flexibility index (Phi) is 5.36. The first-order chi connectivity index (χ1) is 7.58. The molecule has 1 aromatic carbocycles. The van der Waals surface area contributed by atoms with Gasteiger partial charge in [0.2, 0.25) is 0 Å². The highest BCUT2D eigenvalue weighted by molar-refractivity contribution is 9.09. The predicted molar refractivity (Wildman–Crippen MR) is 74.6 cm³/mol. The fraction of sp³-hybridized carbons (Fsp3) is 0.385. The highest BCUT2D eigenvalue weighted by Crippen LogP contribution is 2.26. The number of benzene rings is 1. The fourth-order valence-electron chi connectivity index (χ4n) is 1.35. The zero-order valence-electron chi connectivity index (χ0n) is 9.76. The Morgan fingerprint density at radius 1 is 1.50 bits per heavy atom. The van der Waals surface area contributed by atoms with E-state index in [1.807, 2.05) is 18.2 Å². The summed E-state index contributed by atoms with van der Waals surface area (Å²) in [6.07, 6.45) is 2.16.